The number of aryl methyl sites for hydroxylation is 1. The number of hydrogen-bond donors (Lipinski definition) is 1. The van der Waals surface area contributed by atoms with Crippen molar-refractivity contribution in [2.24, 2.45) is 5.92 Å². The van der Waals surface area contributed by atoms with E-state index in [-0.39, 0.29) is 5.56 Å². The van der Waals surface area contributed by atoms with Gasteiger partial charge in [-0.25, -0.2) is 0 Å². The molecule has 2 heterocycles. The van der Waals surface area contributed by atoms with Crippen LogP contribution in [0.5, 0.6) is 0 Å². The third kappa shape index (κ3) is 4.37. The summed E-state index contributed by atoms with van der Waals surface area (Å²) >= 11 is 5.97. The Balaban J connectivity index is 1.55. The molecular formula is C20H23ClN2O. The molecule has 0 spiro atoms. The topological polar surface area (TPSA) is 36.1 Å². The molecule has 1 saturated heterocycles. The van der Waals surface area contributed by atoms with Gasteiger partial charge in [0.2, 0.25) is 0 Å². The predicted molar refractivity (Wildman–Crippen MR) is 100 cm³/mol. The molecule has 24 heavy (non-hydrogen) atoms. The molecule has 0 saturated carbocycles. The molecule has 1 fully saturated rings. The number of pyridine rings is 1. The zero-order valence-corrected chi connectivity index (χ0v) is 14.7. The second kappa shape index (κ2) is 7.82. The maximum atomic E-state index is 11.8. The lowest BCUT2D eigenvalue weighted by Crippen LogP contribution is -2.34. The smallest absolute Gasteiger partial charge is 0.252 e. The van der Waals surface area contributed by atoms with Gasteiger partial charge in [-0.3, -0.25) is 9.69 Å². The van der Waals surface area contributed by atoms with E-state index in [1.54, 1.807) is 6.07 Å². The van der Waals surface area contributed by atoms with Crippen LogP contribution in [0, 0.1) is 12.8 Å². The predicted octanol–water partition coefficient (Wildman–Crippen LogP) is 4.26. The third-order valence-electron chi connectivity index (χ3n) is 4.71. The lowest BCUT2D eigenvalue weighted by atomic mass is 9.95. The van der Waals surface area contributed by atoms with E-state index in [1.807, 2.05) is 0 Å². The number of rotatable bonds is 4. The first-order valence-electron chi connectivity index (χ1n) is 8.45. The summed E-state index contributed by atoms with van der Waals surface area (Å²) in [7, 11) is 0. The molecule has 0 aliphatic carbocycles. The van der Waals surface area contributed by atoms with E-state index in [0.717, 1.165) is 31.5 Å². The number of hydrogen-bond acceptors (Lipinski definition) is 2. The van der Waals surface area contributed by atoms with Crippen LogP contribution in [0.25, 0.3) is 6.08 Å². The minimum Gasteiger partial charge on any atom is -0.327 e. The van der Waals surface area contributed by atoms with Crippen LogP contribution in [-0.4, -0.2) is 23.0 Å². The summed E-state index contributed by atoms with van der Waals surface area (Å²) in [6, 6.07) is 10.2. The normalized spacial score (nSPS) is 16.8. The standard InChI is InChI=1S/C20H23ClN2O/c1-15-4-2-3-5-17(15)7-6-16-8-10-23(11-9-16)14-18-12-19(21)13-22-20(18)24/h2-7,12-13,16H,8-11,14H2,1H3,(H,22,24). The molecule has 0 bridgehead atoms. The van der Waals surface area contributed by atoms with Crippen LogP contribution >= 0.6 is 11.6 Å². The Morgan fingerprint density at radius 1 is 1.29 bits per heavy atom. The van der Waals surface area contributed by atoms with E-state index in [0.29, 0.717) is 17.5 Å². The fourth-order valence-electron chi connectivity index (χ4n) is 3.18. The first-order valence-corrected chi connectivity index (χ1v) is 8.83. The molecule has 1 N–H and O–H groups in total. The monoisotopic (exact) mass is 342 g/mol. The van der Waals surface area contributed by atoms with Gasteiger partial charge in [-0.05, 0) is 56.0 Å². The van der Waals surface area contributed by atoms with Crippen LogP contribution in [0.1, 0.15) is 29.5 Å². The van der Waals surface area contributed by atoms with Crippen molar-refractivity contribution in [2.45, 2.75) is 26.3 Å². The highest BCUT2D eigenvalue weighted by molar-refractivity contribution is 6.30. The quantitative estimate of drug-likeness (QED) is 0.901. The molecule has 2 aromatic rings. The molecule has 1 aromatic heterocycles. The van der Waals surface area contributed by atoms with E-state index in [2.05, 4.69) is 53.2 Å². The average Bonchev–Trinajstić information content (AvgIpc) is 2.59. The highest BCUT2D eigenvalue weighted by Gasteiger charge is 2.18. The number of H-pyrrole nitrogens is 1. The highest BCUT2D eigenvalue weighted by Crippen LogP contribution is 2.21. The van der Waals surface area contributed by atoms with Crippen LogP contribution in [0.15, 0.2) is 47.4 Å². The summed E-state index contributed by atoms with van der Waals surface area (Å²) in [5.74, 6) is 0.610. The van der Waals surface area contributed by atoms with E-state index >= 15 is 0 Å². The Morgan fingerprint density at radius 2 is 2.04 bits per heavy atom. The molecule has 3 rings (SSSR count). The van der Waals surface area contributed by atoms with Gasteiger partial charge in [0.1, 0.15) is 0 Å². The van der Waals surface area contributed by atoms with Gasteiger partial charge in [-0.1, -0.05) is 48.0 Å². The van der Waals surface area contributed by atoms with Crippen LogP contribution in [-0.2, 0) is 6.54 Å². The lowest BCUT2D eigenvalue weighted by molar-refractivity contribution is 0.195. The summed E-state index contributed by atoms with van der Waals surface area (Å²) in [6.45, 7) is 4.83. The van der Waals surface area contributed by atoms with Gasteiger partial charge in [0.15, 0.2) is 0 Å². The number of nitrogens with one attached hydrogen (secondary N) is 1. The Morgan fingerprint density at radius 3 is 2.79 bits per heavy atom. The molecular weight excluding hydrogens is 320 g/mol. The van der Waals surface area contributed by atoms with Gasteiger partial charge in [0, 0.05) is 18.3 Å². The van der Waals surface area contributed by atoms with Gasteiger partial charge in [-0.15, -0.1) is 0 Å². The number of benzene rings is 1. The summed E-state index contributed by atoms with van der Waals surface area (Å²) in [5, 5.41) is 0.584. The van der Waals surface area contributed by atoms with Crippen LogP contribution in [0.4, 0.5) is 0 Å². The Labute approximate surface area is 148 Å². The largest absolute Gasteiger partial charge is 0.327 e. The maximum absolute atomic E-state index is 11.8. The number of aromatic nitrogens is 1. The number of aromatic amines is 1. The highest BCUT2D eigenvalue weighted by atomic mass is 35.5. The number of allylic oxidation sites excluding steroid dienone is 1. The Kier molecular flexibility index (Phi) is 5.54. The van der Waals surface area contributed by atoms with Gasteiger partial charge < -0.3 is 4.98 Å². The first kappa shape index (κ1) is 17.0. The number of piperidine rings is 1. The van der Waals surface area contributed by atoms with Crippen molar-refractivity contribution >= 4 is 17.7 Å². The molecule has 1 aromatic carbocycles. The van der Waals surface area contributed by atoms with Gasteiger partial charge in [0.05, 0.1) is 5.02 Å². The average molecular weight is 343 g/mol. The van der Waals surface area contributed by atoms with Crippen molar-refractivity contribution in [3.05, 3.63) is 74.7 Å². The number of likely N-dealkylation sites (tertiary alicyclic amines) is 1. The maximum Gasteiger partial charge on any atom is 0.252 e. The fourth-order valence-corrected chi connectivity index (χ4v) is 3.36. The third-order valence-corrected chi connectivity index (χ3v) is 4.93. The van der Waals surface area contributed by atoms with Crippen LogP contribution < -0.4 is 5.56 Å². The second-order valence-corrected chi connectivity index (χ2v) is 6.94. The van der Waals surface area contributed by atoms with E-state index < -0.39 is 0 Å². The zero-order valence-electron chi connectivity index (χ0n) is 14.0. The number of nitrogens with zero attached hydrogens (tertiary/aromatic N) is 1. The molecule has 0 unspecified atom stereocenters. The summed E-state index contributed by atoms with van der Waals surface area (Å²) < 4.78 is 0. The minimum atomic E-state index is -0.0408. The summed E-state index contributed by atoms with van der Waals surface area (Å²) in [6.07, 6.45) is 8.38. The van der Waals surface area contributed by atoms with Crippen LogP contribution in [0.3, 0.4) is 0 Å². The summed E-state index contributed by atoms with van der Waals surface area (Å²) in [5.41, 5.74) is 3.31. The second-order valence-electron chi connectivity index (χ2n) is 6.50. The van der Waals surface area contributed by atoms with E-state index in [9.17, 15) is 4.79 Å². The minimum absolute atomic E-state index is 0.0408. The molecule has 0 atom stereocenters. The zero-order chi connectivity index (χ0) is 16.9. The van der Waals surface area contributed by atoms with Gasteiger partial charge in [0.25, 0.3) is 5.56 Å². The molecule has 3 nitrogen and oxygen atoms in total. The molecule has 4 heteroatoms. The number of halogens is 1. The molecule has 1 aliphatic rings. The van der Waals surface area contributed by atoms with Crippen molar-refractivity contribution in [3.63, 3.8) is 0 Å². The van der Waals surface area contributed by atoms with Crippen molar-refractivity contribution in [2.75, 3.05) is 13.1 Å². The van der Waals surface area contributed by atoms with Gasteiger partial charge in [-0.2, -0.15) is 0 Å². The van der Waals surface area contributed by atoms with E-state index in [4.69, 9.17) is 11.6 Å². The van der Waals surface area contributed by atoms with E-state index in [1.165, 1.54) is 17.3 Å². The Hall–Kier alpha value is -1.84. The molecule has 126 valence electrons. The fraction of sp³-hybridized carbons (Fsp3) is 0.350. The van der Waals surface area contributed by atoms with Gasteiger partial charge >= 0.3 is 0 Å². The first-order chi connectivity index (χ1) is 11.6. The van der Waals surface area contributed by atoms with Crippen LogP contribution in [0.2, 0.25) is 5.02 Å². The Bertz CT molecular complexity index is 773. The SMILES string of the molecule is Cc1ccccc1C=CC1CCN(Cc2cc(Cl)c[nH]c2=O)CC1. The van der Waals surface area contributed by atoms with Crippen molar-refractivity contribution in [1.29, 1.82) is 0 Å². The molecule has 0 radical (unpaired) electrons. The summed E-state index contributed by atoms with van der Waals surface area (Å²) in [4.78, 5) is 16.9. The van der Waals surface area contributed by atoms with Crippen molar-refractivity contribution in [3.8, 4) is 0 Å². The van der Waals surface area contributed by atoms with Crippen molar-refractivity contribution < 1.29 is 0 Å². The molecule has 1 aliphatic heterocycles. The lowest BCUT2D eigenvalue weighted by Gasteiger charge is -2.30. The van der Waals surface area contributed by atoms with Crippen molar-refractivity contribution in [1.82, 2.24) is 9.88 Å². The molecule has 0 amide bonds.